The average Bonchev–Trinajstić information content (AvgIpc) is 3.36. The van der Waals surface area contributed by atoms with E-state index in [4.69, 9.17) is 0 Å². The minimum Gasteiger partial charge on any atom is -0.388 e. The minimum absolute atomic E-state index is 0.208. The Bertz CT molecular complexity index is 918. The summed E-state index contributed by atoms with van der Waals surface area (Å²) in [6.07, 6.45) is -1.63. The van der Waals surface area contributed by atoms with E-state index in [9.17, 15) is 27.9 Å². The summed E-state index contributed by atoms with van der Waals surface area (Å²) < 4.78 is 39.2. The number of para-hydroxylation sites is 1. The molecule has 9 heteroatoms. The van der Waals surface area contributed by atoms with Gasteiger partial charge in [0.2, 0.25) is 0 Å². The fourth-order valence-electron chi connectivity index (χ4n) is 3.77. The van der Waals surface area contributed by atoms with Crippen molar-refractivity contribution < 1.29 is 27.9 Å². The number of aliphatic hydroxyl groups excluding tert-OH is 1. The number of halogens is 3. The van der Waals surface area contributed by atoms with E-state index < -0.39 is 35.3 Å². The highest BCUT2D eigenvalue weighted by Crippen LogP contribution is 2.44. The predicted octanol–water partition coefficient (Wildman–Crippen LogP) is 4.39. The number of carbonyl (C=O) groups is 2. The summed E-state index contributed by atoms with van der Waals surface area (Å²) >= 11 is 1.48. The second-order valence-corrected chi connectivity index (χ2v) is 8.66. The van der Waals surface area contributed by atoms with Crippen molar-refractivity contribution in [1.29, 1.82) is 0 Å². The van der Waals surface area contributed by atoms with E-state index in [0.717, 1.165) is 47.6 Å². The Morgan fingerprint density at radius 3 is 2.40 bits per heavy atom. The first-order valence-electron chi connectivity index (χ1n) is 9.66. The highest BCUT2D eigenvalue weighted by atomic mass is 32.1. The molecule has 0 radical (unpaired) electrons. The molecule has 0 aliphatic heterocycles. The van der Waals surface area contributed by atoms with Gasteiger partial charge in [0.25, 0.3) is 0 Å². The first kappa shape index (κ1) is 22.3. The van der Waals surface area contributed by atoms with Gasteiger partial charge in [0.1, 0.15) is 0 Å². The molecular weight excluding hydrogens is 417 g/mol. The number of nitrogens with one attached hydrogen (secondary N) is 2. The van der Waals surface area contributed by atoms with Gasteiger partial charge in [-0.15, -0.1) is 11.3 Å². The number of aliphatic hydroxyl groups is 1. The third-order valence-electron chi connectivity index (χ3n) is 5.40. The Morgan fingerprint density at radius 2 is 1.80 bits per heavy atom. The maximum Gasteiger partial charge on any atom is 0.418 e. The molecule has 2 amide bonds. The van der Waals surface area contributed by atoms with Crippen LogP contribution in [0.3, 0.4) is 0 Å². The van der Waals surface area contributed by atoms with Gasteiger partial charge in [0.15, 0.2) is 0 Å². The van der Waals surface area contributed by atoms with Gasteiger partial charge >= 0.3 is 18.0 Å². The van der Waals surface area contributed by atoms with Gasteiger partial charge in [-0.05, 0) is 44.0 Å². The number of amides is 2. The number of thiophene rings is 1. The third-order valence-corrected chi connectivity index (χ3v) is 6.90. The van der Waals surface area contributed by atoms with Crippen LogP contribution in [0.1, 0.15) is 54.0 Å². The van der Waals surface area contributed by atoms with Crippen LogP contribution >= 0.6 is 11.3 Å². The Hall–Kier alpha value is -2.39. The van der Waals surface area contributed by atoms with Crippen LogP contribution in [0.25, 0.3) is 0 Å². The lowest BCUT2D eigenvalue weighted by Gasteiger charge is -2.28. The van der Waals surface area contributed by atoms with Crippen molar-refractivity contribution in [2.24, 2.45) is 0 Å². The van der Waals surface area contributed by atoms with Crippen LogP contribution < -0.4 is 10.6 Å². The normalized spacial score (nSPS) is 16.8. The van der Waals surface area contributed by atoms with Crippen molar-refractivity contribution in [1.82, 2.24) is 5.32 Å². The van der Waals surface area contributed by atoms with E-state index in [1.54, 1.807) is 6.92 Å². The van der Waals surface area contributed by atoms with Crippen molar-refractivity contribution >= 4 is 28.8 Å². The molecule has 0 bridgehead atoms. The number of anilines is 1. The molecule has 0 spiro atoms. The van der Waals surface area contributed by atoms with Gasteiger partial charge in [-0.1, -0.05) is 25.0 Å². The van der Waals surface area contributed by atoms with E-state index in [2.05, 4.69) is 10.6 Å². The van der Waals surface area contributed by atoms with Crippen LogP contribution in [0.4, 0.5) is 18.9 Å². The number of benzene rings is 1. The lowest BCUT2D eigenvalue weighted by Crippen LogP contribution is -2.43. The topological polar surface area (TPSA) is 78.4 Å². The molecule has 1 aliphatic rings. The molecule has 0 saturated heterocycles. The lowest BCUT2D eigenvalue weighted by molar-refractivity contribution is -0.138. The van der Waals surface area contributed by atoms with Crippen molar-refractivity contribution in [2.45, 2.75) is 50.3 Å². The SMILES string of the molecule is CC(O)c1ccc(C2(CNC(=O)C(=O)Nc3ccccc3C(F)(F)F)CCCC2)s1. The molecule has 1 unspecified atom stereocenters. The van der Waals surface area contributed by atoms with E-state index >= 15 is 0 Å². The van der Waals surface area contributed by atoms with Gasteiger partial charge in [-0.3, -0.25) is 9.59 Å². The zero-order valence-electron chi connectivity index (χ0n) is 16.4. The largest absolute Gasteiger partial charge is 0.418 e. The Labute approximate surface area is 176 Å². The van der Waals surface area contributed by atoms with Gasteiger partial charge in [0.05, 0.1) is 17.4 Å². The number of rotatable bonds is 5. The summed E-state index contributed by atoms with van der Waals surface area (Å²) in [5.74, 6) is -2.12. The second kappa shape index (κ2) is 8.77. The first-order valence-corrected chi connectivity index (χ1v) is 10.5. The summed E-state index contributed by atoms with van der Waals surface area (Å²) in [4.78, 5) is 26.4. The molecule has 1 atom stereocenters. The Kier molecular flexibility index (Phi) is 6.52. The molecule has 1 heterocycles. The highest BCUT2D eigenvalue weighted by molar-refractivity contribution is 7.12. The van der Waals surface area contributed by atoms with Crippen molar-refractivity contribution in [3.63, 3.8) is 0 Å². The molecule has 1 aromatic heterocycles. The molecule has 5 nitrogen and oxygen atoms in total. The molecule has 3 N–H and O–H groups in total. The number of hydrogen-bond donors (Lipinski definition) is 3. The molecule has 1 aromatic carbocycles. The molecule has 162 valence electrons. The van der Waals surface area contributed by atoms with E-state index in [1.807, 2.05) is 12.1 Å². The first-order chi connectivity index (χ1) is 14.1. The van der Waals surface area contributed by atoms with Crippen LogP contribution in [-0.2, 0) is 21.2 Å². The standard InChI is InChI=1S/C21H23F3N2O3S/c1-13(27)16-8-9-17(30-16)20(10-4-5-11-20)12-25-18(28)19(29)26-15-7-3-2-6-14(15)21(22,23)24/h2-3,6-9,13,27H,4-5,10-12H2,1H3,(H,25,28)(H,26,29). The lowest BCUT2D eigenvalue weighted by atomic mass is 9.84. The molecule has 1 saturated carbocycles. The quantitative estimate of drug-likeness (QED) is 0.604. The fraction of sp³-hybridized carbons (Fsp3) is 0.429. The maximum atomic E-state index is 13.1. The molecule has 1 fully saturated rings. The summed E-state index contributed by atoms with van der Waals surface area (Å²) in [5.41, 5.74) is -1.80. The minimum atomic E-state index is -4.64. The second-order valence-electron chi connectivity index (χ2n) is 7.55. The number of hydrogen-bond acceptors (Lipinski definition) is 4. The molecule has 2 aromatic rings. The van der Waals surface area contributed by atoms with Gasteiger partial charge in [-0.2, -0.15) is 13.2 Å². The van der Waals surface area contributed by atoms with Gasteiger partial charge < -0.3 is 15.7 Å². The fourth-order valence-corrected chi connectivity index (χ4v) is 4.96. The van der Waals surface area contributed by atoms with Crippen molar-refractivity contribution in [3.8, 4) is 0 Å². The summed E-state index contributed by atoms with van der Waals surface area (Å²) in [6.45, 7) is 1.89. The summed E-state index contributed by atoms with van der Waals surface area (Å²) in [7, 11) is 0. The van der Waals surface area contributed by atoms with Crippen LogP contribution in [0.2, 0.25) is 0 Å². The highest BCUT2D eigenvalue weighted by Gasteiger charge is 2.38. The summed E-state index contributed by atoms with van der Waals surface area (Å²) in [5, 5.41) is 14.4. The van der Waals surface area contributed by atoms with Gasteiger partial charge in [0, 0.05) is 21.7 Å². The zero-order valence-corrected chi connectivity index (χ0v) is 17.2. The van der Waals surface area contributed by atoms with Crippen LogP contribution in [-0.4, -0.2) is 23.5 Å². The third kappa shape index (κ3) is 4.84. The smallest absolute Gasteiger partial charge is 0.388 e. The van der Waals surface area contributed by atoms with Gasteiger partial charge in [-0.25, -0.2) is 0 Å². The number of carbonyl (C=O) groups excluding carboxylic acids is 2. The molecule has 30 heavy (non-hydrogen) atoms. The Balaban J connectivity index is 1.69. The predicted molar refractivity (Wildman–Crippen MR) is 108 cm³/mol. The van der Waals surface area contributed by atoms with Crippen LogP contribution in [0, 0.1) is 0 Å². The zero-order chi connectivity index (χ0) is 21.9. The van der Waals surface area contributed by atoms with E-state index in [0.29, 0.717) is 0 Å². The molecular formula is C21H23F3N2O3S. The maximum absolute atomic E-state index is 13.1. The van der Waals surface area contributed by atoms with Crippen molar-refractivity contribution in [2.75, 3.05) is 11.9 Å². The monoisotopic (exact) mass is 440 g/mol. The van der Waals surface area contributed by atoms with E-state index in [1.165, 1.54) is 23.5 Å². The average molecular weight is 440 g/mol. The molecule has 3 rings (SSSR count). The van der Waals surface area contributed by atoms with Crippen LogP contribution in [0.15, 0.2) is 36.4 Å². The Morgan fingerprint density at radius 1 is 1.13 bits per heavy atom. The number of alkyl halides is 3. The molecule has 1 aliphatic carbocycles. The van der Waals surface area contributed by atoms with Crippen molar-refractivity contribution in [3.05, 3.63) is 51.7 Å². The summed E-state index contributed by atoms with van der Waals surface area (Å²) in [6, 6.07) is 8.31. The van der Waals surface area contributed by atoms with Crippen LogP contribution in [0.5, 0.6) is 0 Å². The van der Waals surface area contributed by atoms with E-state index in [-0.39, 0.29) is 12.0 Å².